The van der Waals surface area contributed by atoms with Gasteiger partial charge in [-0.05, 0) is 67.1 Å². The van der Waals surface area contributed by atoms with Crippen LogP contribution in [-0.2, 0) is 25.8 Å². The minimum atomic E-state index is -4.53. The summed E-state index contributed by atoms with van der Waals surface area (Å²) in [6, 6.07) is 13.4. The fourth-order valence-corrected chi connectivity index (χ4v) is 6.57. The number of aliphatic hydroxyl groups is 1. The lowest BCUT2D eigenvalue weighted by molar-refractivity contribution is -0.137. The van der Waals surface area contributed by atoms with Gasteiger partial charge in [-0.3, -0.25) is 14.6 Å². The third-order valence-electron chi connectivity index (χ3n) is 7.98. The zero-order valence-corrected chi connectivity index (χ0v) is 26.5. The highest BCUT2D eigenvalue weighted by Gasteiger charge is 2.33. The van der Waals surface area contributed by atoms with Crippen molar-refractivity contribution in [2.75, 3.05) is 13.1 Å². The van der Waals surface area contributed by atoms with Crippen molar-refractivity contribution < 1.29 is 32.3 Å². The monoisotopic (exact) mass is 669 g/mol. The number of benzene rings is 2. The van der Waals surface area contributed by atoms with Gasteiger partial charge in [-0.2, -0.15) is 13.2 Å². The van der Waals surface area contributed by atoms with Crippen molar-refractivity contribution in [3.8, 4) is 0 Å². The standard InChI is InChI=1S/C34H35F4N5O3S/c1-21-20-47-32(41-21)29-8-5-9-43(29)33(46)26-11-23(15-35)10-25(14-26)31(45)42-28(13-22-6-3-2-4-7-22)30(44)19-40-17-24-12-27(18-39-16-24)34(36,37)38/h2-4,6-7,10-12,14,16,18,20,28-30,40,44H,5,8-9,13,15,17,19H2,1H3,(H,42,45)/t28-,29?,30+/m0/s1. The van der Waals surface area contributed by atoms with Gasteiger partial charge >= 0.3 is 6.18 Å². The highest BCUT2D eigenvalue weighted by atomic mass is 32.1. The Bertz CT molecular complexity index is 1680. The summed E-state index contributed by atoms with van der Waals surface area (Å²) in [6.45, 7) is 1.46. The molecule has 0 spiro atoms. The van der Waals surface area contributed by atoms with Gasteiger partial charge in [0.2, 0.25) is 0 Å². The average molecular weight is 670 g/mol. The van der Waals surface area contributed by atoms with Crippen LogP contribution in [0.25, 0.3) is 0 Å². The molecule has 248 valence electrons. The number of alkyl halides is 4. The zero-order chi connectivity index (χ0) is 33.6. The molecule has 0 saturated carbocycles. The number of halogens is 4. The Kier molecular flexibility index (Phi) is 11.0. The molecular formula is C34H35F4N5O3S. The maximum atomic E-state index is 14.0. The van der Waals surface area contributed by atoms with Crippen LogP contribution in [0.3, 0.4) is 0 Å². The molecule has 1 aliphatic rings. The van der Waals surface area contributed by atoms with Crippen molar-refractivity contribution in [2.45, 2.75) is 63.8 Å². The molecule has 2 aromatic carbocycles. The van der Waals surface area contributed by atoms with E-state index >= 15 is 0 Å². The van der Waals surface area contributed by atoms with Gasteiger partial charge in [0.1, 0.15) is 11.7 Å². The number of rotatable bonds is 12. The Morgan fingerprint density at radius 2 is 1.83 bits per heavy atom. The van der Waals surface area contributed by atoms with Crippen LogP contribution in [0.4, 0.5) is 17.6 Å². The second-order valence-electron chi connectivity index (χ2n) is 11.6. The van der Waals surface area contributed by atoms with Gasteiger partial charge in [-0.1, -0.05) is 30.3 Å². The van der Waals surface area contributed by atoms with Crippen molar-refractivity contribution in [3.05, 3.63) is 116 Å². The molecule has 0 radical (unpaired) electrons. The van der Waals surface area contributed by atoms with E-state index in [1.54, 1.807) is 4.90 Å². The van der Waals surface area contributed by atoms with Gasteiger partial charge < -0.3 is 20.6 Å². The Balaban J connectivity index is 1.31. The first-order valence-electron chi connectivity index (χ1n) is 15.2. The second-order valence-corrected chi connectivity index (χ2v) is 12.5. The van der Waals surface area contributed by atoms with Crippen LogP contribution in [-0.4, -0.2) is 57.0 Å². The van der Waals surface area contributed by atoms with Crippen LogP contribution >= 0.6 is 11.3 Å². The van der Waals surface area contributed by atoms with Gasteiger partial charge in [-0.15, -0.1) is 11.3 Å². The quantitative estimate of drug-likeness (QED) is 0.165. The number of hydrogen-bond acceptors (Lipinski definition) is 7. The molecule has 0 aliphatic carbocycles. The first-order chi connectivity index (χ1) is 22.5. The van der Waals surface area contributed by atoms with E-state index in [4.69, 9.17) is 0 Å². The number of nitrogens with one attached hydrogen (secondary N) is 2. The number of aryl methyl sites for hydroxylation is 1. The number of aliphatic hydroxyl groups excluding tert-OH is 1. The Hall–Kier alpha value is -4.20. The number of hydrogen-bond donors (Lipinski definition) is 3. The summed E-state index contributed by atoms with van der Waals surface area (Å²) in [5.74, 6) is -0.927. The van der Waals surface area contributed by atoms with Crippen LogP contribution in [0.2, 0.25) is 0 Å². The molecule has 0 bridgehead atoms. The lowest BCUT2D eigenvalue weighted by Crippen LogP contribution is -2.48. The van der Waals surface area contributed by atoms with Crippen molar-refractivity contribution in [1.82, 2.24) is 25.5 Å². The van der Waals surface area contributed by atoms with Gasteiger partial charge in [0, 0.05) is 54.2 Å². The van der Waals surface area contributed by atoms with E-state index in [-0.39, 0.29) is 53.7 Å². The van der Waals surface area contributed by atoms with E-state index in [2.05, 4.69) is 20.6 Å². The summed E-state index contributed by atoms with van der Waals surface area (Å²) >= 11 is 1.49. The molecule has 47 heavy (non-hydrogen) atoms. The molecule has 5 rings (SSSR count). The number of pyridine rings is 1. The Labute approximate surface area is 273 Å². The molecule has 2 amide bonds. The molecule has 8 nitrogen and oxygen atoms in total. The zero-order valence-electron chi connectivity index (χ0n) is 25.6. The summed E-state index contributed by atoms with van der Waals surface area (Å²) in [5.41, 5.74) is 1.51. The van der Waals surface area contributed by atoms with Crippen LogP contribution in [0, 0.1) is 6.92 Å². The summed E-state index contributed by atoms with van der Waals surface area (Å²) in [4.78, 5) is 37.2. The summed E-state index contributed by atoms with van der Waals surface area (Å²) in [7, 11) is 0. The first-order valence-corrected chi connectivity index (χ1v) is 16.1. The van der Waals surface area contributed by atoms with Crippen LogP contribution in [0.15, 0.2) is 72.4 Å². The van der Waals surface area contributed by atoms with E-state index in [0.29, 0.717) is 6.54 Å². The average Bonchev–Trinajstić information content (AvgIpc) is 3.73. The van der Waals surface area contributed by atoms with Gasteiger partial charge in [0.15, 0.2) is 0 Å². The molecule has 1 aliphatic heterocycles. The van der Waals surface area contributed by atoms with Gasteiger partial charge in [0.05, 0.1) is 23.8 Å². The number of amides is 2. The predicted octanol–water partition coefficient (Wildman–Crippen LogP) is 5.80. The first kappa shape index (κ1) is 34.1. The third-order valence-corrected chi connectivity index (χ3v) is 9.04. The molecule has 1 saturated heterocycles. The van der Waals surface area contributed by atoms with Crippen molar-refractivity contribution in [3.63, 3.8) is 0 Å². The van der Waals surface area contributed by atoms with Gasteiger partial charge in [-0.25, -0.2) is 9.37 Å². The minimum absolute atomic E-state index is 0.00204. The molecular weight excluding hydrogens is 634 g/mol. The molecule has 3 N–H and O–H groups in total. The molecule has 1 fully saturated rings. The van der Waals surface area contributed by atoms with Crippen molar-refractivity contribution in [1.29, 1.82) is 0 Å². The predicted molar refractivity (Wildman–Crippen MR) is 169 cm³/mol. The van der Waals surface area contributed by atoms with Gasteiger partial charge in [0.25, 0.3) is 11.8 Å². The van der Waals surface area contributed by atoms with E-state index in [0.717, 1.165) is 41.4 Å². The molecule has 3 heterocycles. The van der Waals surface area contributed by atoms with Crippen LogP contribution < -0.4 is 10.6 Å². The topological polar surface area (TPSA) is 107 Å². The molecule has 1 unspecified atom stereocenters. The van der Waals surface area contributed by atoms with E-state index in [1.165, 1.54) is 35.7 Å². The van der Waals surface area contributed by atoms with E-state index < -0.39 is 36.5 Å². The number of aromatic nitrogens is 2. The number of likely N-dealkylation sites (tertiary alicyclic amines) is 1. The van der Waals surface area contributed by atoms with E-state index in [9.17, 15) is 32.3 Å². The fourth-order valence-electron chi connectivity index (χ4n) is 5.63. The molecule has 3 atom stereocenters. The lowest BCUT2D eigenvalue weighted by Gasteiger charge is -2.26. The van der Waals surface area contributed by atoms with Crippen molar-refractivity contribution in [2.24, 2.45) is 0 Å². The fraction of sp³-hybridized carbons (Fsp3) is 0.353. The number of thiazole rings is 1. The minimum Gasteiger partial charge on any atom is -0.390 e. The maximum Gasteiger partial charge on any atom is 0.417 e. The molecule has 4 aromatic rings. The molecule has 2 aromatic heterocycles. The second kappa shape index (κ2) is 15.1. The molecule has 13 heteroatoms. The Morgan fingerprint density at radius 1 is 1.06 bits per heavy atom. The largest absolute Gasteiger partial charge is 0.417 e. The van der Waals surface area contributed by atoms with E-state index in [1.807, 2.05) is 42.6 Å². The number of carbonyl (C=O) groups is 2. The third kappa shape index (κ3) is 8.79. The summed E-state index contributed by atoms with van der Waals surface area (Å²) in [5, 5.41) is 19.7. The highest BCUT2D eigenvalue weighted by Crippen LogP contribution is 2.35. The van der Waals surface area contributed by atoms with Crippen LogP contribution in [0.1, 0.15) is 72.6 Å². The summed E-state index contributed by atoms with van der Waals surface area (Å²) in [6.07, 6.45) is -1.86. The number of carbonyl (C=O) groups excluding carboxylic acids is 2. The summed E-state index contributed by atoms with van der Waals surface area (Å²) < 4.78 is 53.3. The number of nitrogens with zero attached hydrogens (tertiary/aromatic N) is 3. The van der Waals surface area contributed by atoms with Crippen molar-refractivity contribution >= 4 is 23.2 Å². The lowest BCUT2D eigenvalue weighted by atomic mass is 9.99. The van der Waals surface area contributed by atoms with Crippen LogP contribution in [0.5, 0.6) is 0 Å². The Morgan fingerprint density at radius 3 is 2.53 bits per heavy atom. The maximum absolute atomic E-state index is 14.0. The smallest absolute Gasteiger partial charge is 0.390 e. The normalized spacial score (nSPS) is 16.2. The highest BCUT2D eigenvalue weighted by molar-refractivity contribution is 7.09. The SMILES string of the molecule is Cc1csc(C2CCCN2C(=O)c2cc(CF)cc(C(=O)N[C@@H](Cc3ccccc3)[C@H](O)CNCc3cncc(C(F)(F)F)c3)c2)n1.